The minimum atomic E-state index is -0.441. The van der Waals surface area contributed by atoms with E-state index in [2.05, 4.69) is 17.2 Å². The van der Waals surface area contributed by atoms with Crippen molar-refractivity contribution < 1.29 is 9.66 Å². The number of pyridine rings is 1. The first-order chi connectivity index (χ1) is 9.65. The van der Waals surface area contributed by atoms with Crippen LogP contribution in [0, 0.1) is 10.1 Å². The van der Waals surface area contributed by atoms with E-state index < -0.39 is 4.92 Å². The Morgan fingerprint density at radius 1 is 1.50 bits per heavy atom. The molecule has 7 heteroatoms. The standard InChI is InChI=1S/C13H19N3O3S/c1-2-20-13(5-7-19-8-6-13)10-15-12-4-3-11(9-14-12)16(17)18/h3-4,9H,2,5-8,10H2,1H3,(H,14,15). The molecule has 110 valence electrons. The summed E-state index contributed by atoms with van der Waals surface area (Å²) in [7, 11) is 0. The van der Waals surface area contributed by atoms with E-state index in [4.69, 9.17) is 4.74 Å². The normalized spacial score (nSPS) is 17.6. The summed E-state index contributed by atoms with van der Waals surface area (Å²) in [6.45, 7) is 4.55. The van der Waals surface area contributed by atoms with E-state index in [1.807, 2.05) is 11.8 Å². The summed E-state index contributed by atoms with van der Waals surface area (Å²) in [4.78, 5) is 14.2. The van der Waals surface area contributed by atoms with Crippen LogP contribution in [0.25, 0.3) is 0 Å². The summed E-state index contributed by atoms with van der Waals surface area (Å²) in [5, 5.41) is 13.9. The molecule has 0 amide bonds. The molecule has 0 aromatic carbocycles. The molecule has 1 aromatic heterocycles. The summed E-state index contributed by atoms with van der Waals surface area (Å²) < 4.78 is 5.61. The molecule has 1 fully saturated rings. The van der Waals surface area contributed by atoms with Gasteiger partial charge in [0.15, 0.2) is 0 Å². The summed E-state index contributed by atoms with van der Waals surface area (Å²) in [6, 6.07) is 3.13. The molecule has 1 saturated heterocycles. The van der Waals surface area contributed by atoms with E-state index in [9.17, 15) is 10.1 Å². The van der Waals surface area contributed by atoms with E-state index in [0.29, 0.717) is 5.82 Å². The molecule has 2 rings (SSSR count). The number of rotatable bonds is 6. The molecule has 2 heterocycles. The van der Waals surface area contributed by atoms with Crippen molar-refractivity contribution in [2.45, 2.75) is 24.5 Å². The van der Waals surface area contributed by atoms with Crippen LogP contribution in [0.2, 0.25) is 0 Å². The predicted molar refractivity (Wildman–Crippen MR) is 80.3 cm³/mol. The van der Waals surface area contributed by atoms with Gasteiger partial charge in [0, 0.05) is 30.6 Å². The van der Waals surface area contributed by atoms with Crippen molar-refractivity contribution in [1.29, 1.82) is 0 Å². The fourth-order valence-corrected chi connectivity index (χ4v) is 3.51. The highest BCUT2D eigenvalue weighted by Crippen LogP contribution is 2.35. The maximum atomic E-state index is 10.6. The number of nitrogens with zero attached hydrogens (tertiary/aromatic N) is 2. The predicted octanol–water partition coefficient (Wildman–Crippen LogP) is 2.70. The topological polar surface area (TPSA) is 77.3 Å². The van der Waals surface area contributed by atoms with E-state index >= 15 is 0 Å². The molecular formula is C13H19N3O3S. The van der Waals surface area contributed by atoms with Gasteiger partial charge in [-0.1, -0.05) is 6.92 Å². The second-order valence-corrected chi connectivity index (χ2v) is 6.47. The Morgan fingerprint density at radius 3 is 2.80 bits per heavy atom. The molecule has 0 unspecified atom stereocenters. The second-order valence-electron chi connectivity index (χ2n) is 4.74. The van der Waals surface area contributed by atoms with Crippen LogP contribution in [-0.2, 0) is 4.74 Å². The van der Waals surface area contributed by atoms with Crippen LogP contribution in [0.4, 0.5) is 11.5 Å². The molecule has 0 radical (unpaired) electrons. The highest BCUT2D eigenvalue weighted by Gasteiger charge is 2.32. The van der Waals surface area contributed by atoms with Crippen LogP contribution >= 0.6 is 11.8 Å². The molecule has 1 aromatic rings. The molecule has 1 aliphatic heterocycles. The van der Waals surface area contributed by atoms with Crippen LogP contribution in [-0.4, -0.2) is 40.2 Å². The number of anilines is 1. The zero-order valence-electron chi connectivity index (χ0n) is 11.5. The van der Waals surface area contributed by atoms with Crippen LogP contribution in [0.5, 0.6) is 0 Å². The Morgan fingerprint density at radius 2 is 2.25 bits per heavy atom. The summed E-state index contributed by atoms with van der Waals surface area (Å²) in [6.07, 6.45) is 3.32. The van der Waals surface area contributed by atoms with Crippen LogP contribution < -0.4 is 5.32 Å². The van der Waals surface area contributed by atoms with Crippen molar-refractivity contribution in [2.75, 3.05) is 30.8 Å². The Bertz CT molecular complexity index is 441. The second kappa shape index (κ2) is 6.90. The van der Waals surface area contributed by atoms with Crippen molar-refractivity contribution in [2.24, 2.45) is 0 Å². The Labute approximate surface area is 122 Å². The lowest BCUT2D eigenvalue weighted by Gasteiger charge is -2.36. The third kappa shape index (κ3) is 3.83. The minimum absolute atomic E-state index is 0.0132. The molecule has 0 spiro atoms. The largest absolute Gasteiger partial charge is 0.381 e. The highest BCUT2D eigenvalue weighted by molar-refractivity contribution is 8.00. The SMILES string of the molecule is CCSC1(CNc2ccc([N+](=O)[O-])cn2)CCOCC1. The lowest BCUT2D eigenvalue weighted by atomic mass is 9.99. The fourth-order valence-electron chi connectivity index (χ4n) is 2.27. The van der Waals surface area contributed by atoms with Crippen molar-refractivity contribution in [3.05, 3.63) is 28.4 Å². The number of thioether (sulfide) groups is 1. The van der Waals surface area contributed by atoms with Gasteiger partial charge in [0.05, 0.1) is 4.92 Å². The third-order valence-corrected chi connectivity index (χ3v) is 4.86. The first-order valence-corrected chi connectivity index (χ1v) is 7.70. The maximum Gasteiger partial charge on any atom is 0.287 e. The minimum Gasteiger partial charge on any atom is -0.381 e. The monoisotopic (exact) mass is 297 g/mol. The average molecular weight is 297 g/mol. The van der Waals surface area contributed by atoms with E-state index in [1.54, 1.807) is 6.07 Å². The molecule has 20 heavy (non-hydrogen) atoms. The van der Waals surface area contributed by atoms with Crippen molar-refractivity contribution >= 4 is 23.3 Å². The first-order valence-electron chi connectivity index (χ1n) is 6.71. The molecule has 6 nitrogen and oxygen atoms in total. The number of hydrogen-bond donors (Lipinski definition) is 1. The molecule has 0 bridgehead atoms. The van der Waals surface area contributed by atoms with E-state index in [1.165, 1.54) is 12.3 Å². The van der Waals surface area contributed by atoms with Crippen LogP contribution in [0.1, 0.15) is 19.8 Å². The quantitative estimate of drug-likeness (QED) is 0.642. The van der Waals surface area contributed by atoms with Crippen molar-refractivity contribution in [1.82, 2.24) is 4.98 Å². The Kier molecular flexibility index (Phi) is 5.19. The summed E-state index contributed by atoms with van der Waals surface area (Å²) in [5.74, 6) is 1.74. The number of hydrogen-bond acceptors (Lipinski definition) is 6. The van der Waals surface area contributed by atoms with Gasteiger partial charge >= 0.3 is 0 Å². The molecule has 1 aliphatic rings. The lowest BCUT2D eigenvalue weighted by Crippen LogP contribution is -2.39. The average Bonchev–Trinajstić information content (AvgIpc) is 2.47. The van der Waals surface area contributed by atoms with Gasteiger partial charge < -0.3 is 10.1 Å². The van der Waals surface area contributed by atoms with Gasteiger partial charge in [-0.05, 0) is 24.7 Å². The first kappa shape index (κ1) is 15.1. The summed E-state index contributed by atoms with van der Waals surface area (Å²) >= 11 is 1.95. The number of nitro groups is 1. The lowest BCUT2D eigenvalue weighted by molar-refractivity contribution is -0.385. The van der Waals surface area contributed by atoms with Gasteiger partial charge in [0.25, 0.3) is 5.69 Å². The van der Waals surface area contributed by atoms with Gasteiger partial charge in [-0.25, -0.2) is 4.98 Å². The van der Waals surface area contributed by atoms with Gasteiger partial charge in [0.2, 0.25) is 0 Å². The van der Waals surface area contributed by atoms with Crippen molar-refractivity contribution in [3.8, 4) is 0 Å². The molecule has 0 saturated carbocycles. The van der Waals surface area contributed by atoms with E-state index in [0.717, 1.165) is 38.4 Å². The van der Waals surface area contributed by atoms with Crippen LogP contribution in [0.3, 0.4) is 0 Å². The zero-order valence-corrected chi connectivity index (χ0v) is 12.3. The third-order valence-electron chi connectivity index (χ3n) is 3.40. The maximum absolute atomic E-state index is 10.6. The Balaban J connectivity index is 1.96. The molecule has 1 N–H and O–H groups in total. The molecular weight excluding hydrogens is 278 g/mol. The van der Waals surface area contributed by atoms with E-state index in [-0.39, 0.29) is 10.4 Å². The van der Waals surface area contributed by atoms with Gasteiger partial charge in [0.1, 0.15) is 12.0 Å². The fraction of sp³-hybridized carbons (Fsp3) is 0.615. The smallest absolute Gasteiger partial charge is 0.287 e. The zero-order chi connectivity index (χ0) is 14.4. The van der Waals surface area contributed by atoms with Gasteiger partial charge in [-0.3, -0.25) is 10.1 Å². The van der Waals surface area contributed by atoms with Gasteiger partial charge in [-0.15, -0.1) is 0 Å². The number of ether oxygens (including phenoxy) is 1. The molecule has 0 atom stereocenters. The summed E-state index contributed by atoms with van der Waals surface area (Å²) in [5.41, 5.74) is 0.0132. The van der Waals surface area contributed by atoms with Crippen LogP contribution in [0.15, 0.2) is 18.3 Å². The number of aromatic nitrogens is 1. The van der Waals surface area contributed by atoms with Crippen molar-refractivity contribution in [3.63, 3.8) is 0 Å². The highest BCUT2D eigenvalue weighted by atomic mass is 32.2. The molecule has 0 aliphatic carbocycles. The van der Waals surface area contributed by atoms with Gasteiger partial charge in [-0.2, -0.15) is 11.8 Å². The number of nitrogens with one attached hydrogen (secondary N) is 1. The Hall–Kier alpha value is -1.34.